The molecule has 2 heterocycles. The summed E-state index contributed by atoms with van der Waals surface area (Å²) in [6.07, 6.45) is 3.42. The van der Waals surface area contributed by atoms with Crippen LogP contribution in [0.1, 0.15) is 17.4 Å². The van der Waals surface area contributed by atoms with Crippen LogP contribution in [-0.4, -0.2) is 27.3 Å². The van der Waals surface area contributed by atoms with Gasteiger partial charge in [-0.3, -0.25) is 0 Å². The van der Waals surface area contributed by atoms with E-state index in [0.29, 0.717) is 25.6 Å². The Bertz CT molecular complexity index is 599. The first-order valence-electron chi connectivity index (χ1n) is 6.71. The van der Waals surface area contributed by atoms with Gasteiger partial charge in [0.05, 0.1) is 12.8 Å². The highest BCUT2D eigenvalue weighted by Crippen LogP contribution is 2.00. The van der Waals surface area contributed by atoms with Gasteiger partial charge in [-0.05, 0) is 19.1 Å². The number of hydrogen-bond acceptors (Lipinski definition) is 4. The number of nitrogens with one attached hydrogen (secondary N) is 2. The van der Waals surface area contributed by atoms with E-state index in [1.807, 2.05) is 30.7 Å². The summed E-state index contributed by atoms with van der Waals surface area (Å²) in [5.74, 6) is 3.19. The van der Waals surface area contributed by atoms with Crippen LogP contribution in [0.3, 0.4) is 0 Å². The Morgan fingerprint density at radius 2 is 2.33 bits per heavy atom. The van der Waals surface area contributed by atoms with Crippen LogP contribution < -0.4 is 10.6 Å². The molecule has 0 atom stereocenters. The first-order valence-corrected chi connectivity index (χ1v) is 6.71. The van der Waals surface area contributed by atoms with Gasteiger partial charge in [0.2, 0.25) is 0 Å². The average molecular weight is 288 g/mol. The van der Waals surface area contributed by atoms with Crippen molar-refractivity contribution in [2.24, 2.45) is 12.0 Å². The number of nitrogens with zero attached hydrogens (tertiary/aromatic N) is 4. The molecule has 0 radical (unpaired) electrons. The van der Waals surface area contributed by atoms with Gasteiger partial charge < -0.3 is 19.6 Å². The smallest absolute Gasteiger partial charge is 0.192 e. The average Bonchev–Trinajstić information content (AvgIpc) is 3.11. The SMILES string of the molecule is C=CCNC(=NCc1nnc(C)n1C)NCc1ccco1. The van der Waals surface area contributed by atoms with Gasteiger partial charge in [-0.25, -0.2) is 4.99 Å². The Balaban J connectivity index is 1.98. The molecule has 0 aliphatic heterocycles. The van der Waals surface area contributed by atoms with Crippen LogP contribution in [0.2, 0.25) is 0 Å². The molecule has 0 aromatic carbocycles. The zero-order valence-corrected chi connectivity index (χ0v) is 12.3. The van der Waals surface area contributed by atoms with E-state index < -0.39 is 0 Å². The molecule has 0 amide bonds. The Hall–Kier alpha value is -2.57. The predicted molar refractivity (Wildman–Crippen MR) is 80.6 cm³/mol. The minimum atomic E-state index is 0.446. The second kappa shape index (κ2) is 7.28. The first kappa shape index (κ1) is 14.8. The van der Waals surface area contributed by atoms with E-state index in [2.05, 4.69) is 32.4 Å². The maximum atomic E-state index is 5.28. The number of rotatable bonds is 6. The first-order chi connectivity index (χ1) is 10.2. The Kier molecular flexibility index (Phi) is 5.14. The number of aryl methyl sites for hydroxylation is 1. The van der Waals surface area contributed by atoms with E-state index in [4.69, 9.17) is 4.42 Å². The summed E-state index contributed by atoms with van der Waals surface area (Å²) >= 11 is 0. The molecule has 112 valence electrons. The molecule has 7 nitrogen and oxygen atoms in total. The quantitative estimate of drug-likeness (QED) is 0.473. The Morgan fingerprint density at radius 1 is 1.48 bits per heavy atom. The van der Waals surface area contributed by atoms with Crippen molar-refractivity contribution in [2.75, 3.05) is 6.54 Å². The molecular formula is C14H20N6O. The van der Waals surface area contributed by atoms with Crippen molar-refractivity contribution in [1.29, 1.82) is 0 Å². The summed E-state index contributed by atoms with van der Waals surface area (Å²) in [5, 5.41) is 14.4. The third-order valence-corrected chi connectivity index (χ3v) is 2.99. The monoisotopic (exact) mass is 288 g/mol. The molecule has 0 saturated carbocycles. The van der Waals surface area contributed by atoms with Crippen LogP contribution in [0, 0.1) is 6.92 Å². The molecule has 0 saturated heterocycles. The molecule has 2 aromatic heterocycles. The molecule has 0 unspecified atom stereocenters. The van der Waals surface area contributed by atoms with Gasteiger partial charge in [0.1, 0.15) is 18.1 Å². The lowest BCUT2D eigenvalue weighted by atomic mass is 10.4. The number of aromatic nitrogens is 3. The van der Waals surface area contributed by atoms with Crippen molar-refractivity contribution in [2.45, 2.75) is 20.0 Å². The van der Waals surface area contributed by atoms with E-state index in [1.165, 1.54) is 0 Å². The van der Waals surface area contributed by atoms with Gasteiger partial charge >= 0.3 is 0 Å². The molecule has 7 heteroatoms. The van der Waals surface area contributed by atoms with Crippen LogP contribution in [0.25, 0.3) is 0 Å². The van der Waals surface area contributed by atoms with Crippen LogP contribution in [0.15, 0.2) is 40.5 Å². The van der Waals surface area contributed by atoms with Crippen molar-refractivity contribution in [1.82, 2.24) is 25.4 Å². The van der Waals surface area contributed by atoms with Crippen LogP contribution in [0.4, 0.5) is 0 Å². The number of furan rings is 1. The van der Waals surface area contributed by atoms with Crippen molar-refractivity contribution in [3.63, 3.8) is 0 Å². The molecule has 0 bridgehead atoms. The van der Waals surface area contributed by atoms with Gasteiger partial charge in [-0.1, -0.05) is 6.08 Å². The minimum absolute atomic E-state index is 0.446. The predicted octanol–water partition coefficient (Wildman–Crippen LogP) is 1.14. The molecule has 0 aliphatic rings. The summed E-state index contributed by atoms with van der Waals surface area (Å²) in [6.45, 7) is 7.23. The van der Waals surface area contributed by atoms with Crippen molar-refractivity contribution < 1.29 is 4.42 Å². The van der Waals surface area contributed by atoms with Gasteiger partial charge in [-0.15, -0.1) is 16.8 Å². The summed E-state index contributed by atoms with van der Waals surface area (Å²) in [6, 6.07) is 3.76. The summed E-state index contributed by atoms with van der Waals surface area (Å²) < 4.78 is 7.20. The highest BCUT2D eigenvalue weighted by molar-refractivity contribution is 5.79. The van der Waals surface area contributed by atoms with E-state index in [0.717, 1.165) is 17.4 Å². The van der Waals surface area contributed by atoms with E-state index >= 15 is 0 Å². The van der Waals surface area contributed by atoms with Crippen molar-refractivity contribution in [3.05, 3.63) is 48.5 Å². The molecule has 0 fully saturated rings. The van der Waals surface area contributed by atoms with E-state index in [9.17, 15) is 0 Å². The molecule has 2 aromatic rings. The van der Waals surface area contributed by atoms with Crippen LogP contribution >= 0.6 is 0 Å². The third-order valence-electron chi connectivity index (χ3n) is 2.99. The third kappa shape index (κ3) is 4.20. The Morgan fingerprint density at radius 3 is 2.95 bits per heavy atom. The number of aliphatic imine (C=N–C) groups is 1. The summed E-state index contributed by atoms with van der Waals surface area (Å²) in [7, 11) is 1.92. The Labute approximate surface area is 123 Å². The standard InChI is InChI=1S/C14H20N6O/c1-4-7-15-14(16-9-12-6-5-8-21-12)17-10-13-19-18-11(2)20(13)3/h4-6,8H,1,7,9-10H2,2-3H3,(H2,15,16,17). The lowest BCUT2D eigenvalue weighted by molar-refractivity contribution is 0.501. The minimum Gasteiger partial charge on any atom is -0.467 e. The maximum absolute atomic E-state index is 5.28. The van der Waals surface area contributed by atoms with E-state index in [-0.39, 0.29) is 0 Å². The zero-order valence-electron chi connectivity index (χ0n) is 12.3. The molecule has 2 N–H and O–H groups in total. The second-order valence-electron chi connectivity index (χ2n) is 4.49. The van der Waals surface area contributed by atoms with Gasteiger partial charge in [0, 0.05) is 13.6 Å². The highest BCUT2D eigenvalue weighted by atomic mass is 16.3. The maximum Gasteiger partial charge on any atom is 0.192 e. The summed E-state index contributed by atoms with van der Waals surface area (Å²) in [4.78, 5) is 4.49. The highest BCUT2D eigenvalue weighted by Gasteiger charge is 2.05. The zero-order chi connectivity index (χ0) is 15.1. The normalized spacial score (nSPS) is 11.4. The molecule has 21 heavy (non-hydrogen) atoms. The molecule has 2 rings (SSSR count). The van der Waals surface area contributed by atoms with Crippen LogP contribution in [-0.2, 0) is 20.1 Å². The van der Waals surface area contributed by atoms with Crippen LogP contribution in [0.5, 0.6) is 0 Å². The molecule has 0 spiro atoms. The topological polar surface area (TPSA) is 80.3 Å². The molecule has 0 aliphatic carbocycles. The van der Waals surface area contributed by atoms with Gasteiger partial charge in [0.15, 0.2) is 11.8 Å². The summed E-state index contributed by atoms with van der Waals surface area (Å²) in [5.41, 5.74) is 0. The fraction of sp³-hybridized carbons (Fsp3) is 0.357. The fourth-order valence-corrected chi connectivity index (χ4v) is 1.67. The van der Waals surface area contributed by atoms with E-state index in [1.54, 1.807) is 12.3 Å². The lowest BCUT2D eigenvalue weighted by Crippen LogP contribution is -2.37. The van der Waals surface area contributed by atoms with Crippen molar-refractivity contribution >= 4 is 5.96 Å². The van der Waals surface area contributed by atoms with Gasteiger partial charge in [-0.2, -0.15) is 0 Å². The lowest BCUT2D eigenvalue weighted by Gasteiger charge is -2.10. The fourth-order valence-electron chi connectivity index (χ4n) is 1.67. The largest absolute Gasteiger partial charge is 0.467 e. The number of hydrogen-bond donors (Lipinski definition) is 2. The van der Waals surface area contributed by atoms with Crippen molar-refractivity contribution in [3.8, 4) is 0 Å². The number of guanidine groups is 1. The second-order valence-corrected chi connectivity index (χ2v) is 4.49. The molecular weight excluding hydrogens is 268 g/mol. The van der Waals surface area contributed by atoms with Gasteiger partial charge in [0.25, 0.3) is 0 Å².